The van der Waals surface area contributed by atoms with Gasteiger partial charge in [-0.1, -0.05) is 13.8 Å². The van der Waals surface area contributed by atoms with Crippen molar-refractivity contribution in [1.82, 2.24) is 9.97 Å². The second kappa shape index (κ2) is 6.33. The second-order valence-electron chi connectivity index (χ2n) is 4.47. The minimum atomic E-state index is -0.288. The van der Waals surface area contributed by atoms with Crippen LogP contribution in [0.4, 0.5) is 0 Å². The first-order valence-corrected chi connectivity index (χ1v) is 6.21. The highest BCUT2D eigenvalue weighted by Crippen LogP contribution is 2.10. The van der Waals surface area contributed by atoms with Gasteiger partial charge in [-0.2, -0.15) is 0 Å². The van der Waals surface area contributed by atoms with E-state index in [9.17, 15) is 9.59 Å². The number of aromatic amines is 1. The average molecular weight is 252 g/mol. The third-order valence-corrected chi connectivity index (χ3v) is 2.67. The van der Waals surface area contributed by atoms with E-state index in [0.29, 0.717) is 30.1 Å². The number of carbonyl (C=O) groups is 1. The zero-order chi connectivity index (χ0) is 13.7. The van der Waals surface area contributed by atoms with E-state index in [-0.39, 0.29) is 23.9 Å². The largest absolute Gasteiger partial charge is 0.466 e. The SMILES string of the molecule is CCOC(=O)CCc1c(C)nc(C(C)C)[nH]c1=O. The molecule has 1 rings (SSSR count). The Bertz CT molecular complexity index is 478. The second-order valence-corrected chi connectivity index (χ2v) is 4.47. The van der Waals surface area contributed by atoms with Crippen LogP contribution in [0, 0.1) is 6.92 Å². The Morgan fingerprint density at radius 1 is 1.44 bits per heavy atom. The summed E-state index contributed by atoms with van der Waals surface area (Å²) in [6.07, 6.45) is 0.575. The summed E-state index contributed by atoms with van der Waals surface area (Å²) in [5.74, 6) is 0.567. The first-order chi connectivity index (χ1) is 8.45. The third kappa shape index (κ3) is 3.68. The van der Waals surface area contributed by atoms with E-state index in [0.717, 1.165) is 0 Å². The number of ether oxygens (including phenoxy) is 1. The smallest absolute Gasteiger partial charge is 0.306 e. The molecule has 0 fully saturated rings. The molecule has 0 aliphatic rings. The molecule has 0 aliphatic carbocycles. The fourth-order valence-electron chi connectivity index (χ4n) is 1.66. The quantitative estimate of drug-likeness (QED) is 0.809. The third-order valence-electron chi connectivity index (χ3n) is 2.67. The Hall–Kier alpha value is -1.65. The van der Waals surface area contributed by atoms with Crippen LogP contribution in [0.25, 0.3) is 0 Å². The van der Waals surface area contributed by atoms with Crippen molar-refractivity contribution in [2.45, 2.75) is 46.5 Å². The lowest BCUT2D eigenvalue weighted by atomic mass is 10.1. The van der Waals surface area contributed by atoms with Gasteiger partial charge in [-0.3, -0.25) is 9.59 Å². The van der Waals surface area contributed by atoms with Crippen LogP contribution in [-0.2, 0) is 16.0 Å². The number of nitrogens with one attached hydrogen (secondary N) is 1. The number of nitrogens with zero attached hydrogens (tertiary/aromatic N) is 1. The fourth-order valence-corrected chi connectivity index (χ4v) is 1.66. The maximum absolute atomic E-state index is 11.9. The molecule has 0 atom stereocenters. The van der Waals surface area contributed by atoms with Crippen molar-refractivity contribution < 1.29 is 9.53 Å². The van der Waals surface area contributed by atoms with E-state index in [1.807, 2.05) is 13.8 Å². The summed E-state index contributed by atoms with van der Waals surface area (Å²) < 4.78 is 4.83. The van der Waals surface area contributed by atoms with Crippen LogP contribution in [-0.4, -0.2) is 22.5 Å². The lowest BCUT2D eigenvalue weighted by molar-refractivity contribution is -0.143. The first kappa shape index (κ1) is 14.4. The van der Waals surface area contributed by atoms with Crippen molar-refractivity contribution in [3.8, 4) is 0 Å². The lowest BCUT2D eigenvalue weighted by Gasteiger charge is -2.09. The van der Waals surface area contributed by atoms with Gasteiger partial charge in [0.25, 0.3) is 5.56 Å². The molecule has 100 valence electrons. The summed E-state index contributed by atoms with van der Waals surface area (Å²) in [5, 5.41) is 0. The summed E-state index contributed by atoms with van der Waals surface area (Å²) in [6, 6.07) is 0. The summed E-state index contributed by atoms with van der Waals surface area (Å²) >= 11 is 0. The van der Waals surface area contributed by atoms with Gasteiger partial charge in [-0.05, 0) is 20.3 Å². The predicted octanol–water partition coefficient (Wildman–Crippen LogP) is 1.70. The van der Waals surface area contributed by atoms with E-state index in [1.54, 1.807) is 13.8 Å². The zero-order valence-corrected chi connectivity index (χ0v) is 11.4. The van der Waals surface area contributed by atoms with E-state index in [1.165, 1.54) is 0 Å². The number of aryl methyl sites for hydroxylation is 1. The van der Waals surface area contributed by atoms with Crippen LogP contribution >= 0.6 is 0 Å². The Balaban J connectivity index is 2.84. The van der Waals surface area contributed by atoms with Crippen LogP contribution in [0.1, 0.15) is 50.2 Å². The average Bonchev–Trinajstić information content (AvgIpc) is 2.27. The molecule has 0 aliphatic heterocycles. The van der Waals surface area contributed by atoms with Gasteiger partial charge in [0.05, 0.1) is 6.61 Å². The highest BCUT2D eigenvalue weighted by atomic mass is 16.5. The van der Waals surface area contributed by atoms with Crippen molar-refractivity contribution in [2.75, 3.05) is 6.61 Å². The fraction of sp³-hybridized carbons (Fsp3) is 0.615. The monoisotopic (exact) mass is 252 g/mol. The number of hydrogen-bond acceptors (Lipinski definition) is 4. The molecule has 0 saturated heterocycles. The Kier molecular flexibility index (Phi) is 5.07. The van der Waals surface area contributed by atoms with Gasteiger partial charge >= 0.3 is 5.97 Å². The Morgan fingerprint density at radius 2 is 2.11 bits per heavy atom. The predicted molar refractivity (Wildman–Crippen MR) is 68.6 cm³/mol. The van der Waals surface area contributed by atoms with Crippen LogP contribution < -0.4 is 5.56 Å². The summed E-state index contributed by atoms with van der Waals surface area (Å²) in [6.45, 7) is 7.85. The minimum absolute atomic E-state index is 0.157. The van der Waals surface area contributed by atoms with Crippen molar-refractivity contribution in [3.05, 3.63) is 27.4 Å². The number of carbonyl (C=O) groups excluding carboxylic acids is 1. The molecule has 0 spiro atoms. The molecule has 0 bridgehead atoms. The molecule has 0 aromatic carbocycles. The topological polar surface area (TPSA) is 72.0 Å². The molecule has 1 heterocycles. The number of H-pyrrole nitrogens is 1. The normalized spacial score (nSPS) is 10.7. The van der Waals surface area contributed by atoms with Gasteiger partial charge in [0, 0.05) is 23.6 Å². The summed E-state index contributed by atoms with van der Waals surface area (Å²) in [7, 11) is 0. The molecule has 0 radical (unpaired) electrons. The summed E-state index contributed by atoms with van der Waals surface area (Å²) in [5.41, 5.74) is 1.09. The van der Waals surface area contributed by atoms with E-state index in [2.05, 4.69) is 9.97 Å². The highest BCUT2D eigenvalue weighted by Gasteiger charge is 2.12. The van der Waals surface area contributed by atoms with Crippen molar-refractivity contribution in [1.29, 1.82) is 0 Å². The number of rotatable bonds is 5. The van der Waals surface area contributed by atoms with Crippen molar-refractivity contribution in [3.63, 3.8) is 0 Å². The molecule has 1 aromatic heterocycles. The van der Waals surface area contributed by atoms with Gasteiger partial charge in [0.1, 0.15) is 5.82 Å². The van der Waals surface area contributed by atoms with Gasteiger partial charge in [0.2, 0.25) is 0 Å². The Labute approximate surface area is 107 Å². The van der Waals surface area contributed by atoms with Crippen molar-refractivity contribution >= 4 is 5.97 Å². The van der Waals surface area contributed by atoms with Crippen LogP contribution in [0.5, 0.6) is 0 Å². The lowest BCUT2D eigenvalue weighted by Crippen LogP contribution is -2.20. The van der Waals surface area contributed by atoms with Crippen molar-refractivity contribution in [2.24, 2.45) is 0 Å². The molecule has 0 saturated carbocycles. The molecule has 0 unspecified atom stereocenters. The molecule has 5 heteroatoms. The van der Waals surface area contributed by atoms with Gasteiger partial charge in [-0.15, -0.1) is 0 Å². The number of esters is 1. The van der Waals surface area contributed by atoms with Crippen LogP contribution in [0.15, 0.2) is 4.79 Å². The number of aromatic nitrogens is 2. The summed E-state index contributed by atoms with van der Waals surface area (Å²) in [4.78, 5) is 30.3. The van der Waals surface area contributed by atoms with E-state index < -0.39 is 0 Å². The Morgan fingerprint density at radius 3 is 2.61 bits per heavy atom. The number of hydrogen-bond donors (Lipinski definition) is 1. The van der Waals surface area contributed by atoms with Gasteiger partial charge in [-0.25, -0.2) is 4.98 Å². The molecule has 1 aromatic rings. The van der Waals surface area contributed by atoms with E-state index >= 15 is 0 Å². The molecule has 5 nitrogen and oxygen atoms in total. The molecule has 1 N–H and O–H groups in total. The van der Waals surface area contributed by atoms with Gasteiger partial charge in [0.15, 0.2) is 0 Å². The molecule has 18 heavy (non-hydrogen) atoms. The van der Waals surface area contributed by atoms with Gasteiger partial charge < -0.3 is 9.72 Å². The van der Waals surface area contributed by atoms with E-state index in [4.69, 9.17) is 4.74 Å². The molecule has 0 amide bonds. The highest BCUT2D eigenvalue weighted by molar-refractivity contribution is 5.69. The van der Waals surface area contributed by atoms with Crippen LogP contribution in [0.3, 0.4) is 0 Å². The maximum atomic E-state index is 11.9. The minimum Gasteiger partial charge on any atom is -0.466 e. The first-order valence-electron chi connectivity index (χ1n) is 6.21. The molecular formula is C13H20N2O3. The maximum Gasteiger partial charge on any atom is 0.306 e. The molecular weight excluding hydrogens is 232 g/mol. The zero-order valence-electron chi connectivity index (χ0n) is 11.4. The standard InChI is InChI=1S/C13H20N2O3/c1-5-18-11(16)7-6-10-9(4)14-12(8(2)3)15-13(10)17/h8H,5-7H2,1-4H3,(H,14,15,17). The van der Waals surface area contributed by atoms with Crippen LogP contribution in [0.2, 0.25) is 0 Å².